The number of nitrogens with one attached hydrogen (secondary N) is 1. The first-order valence-corrected chi connectivity index (χ1v) is 6.23. The first kappa shape index (κ1) is 12.4. The number of carbonyl (C=O) groups excluding carboxylic acids is 1. The van der Waals surface area contributed by atoms with Crippen LogP contribution in [0, 0.1) is 11.3 Å². The summed E-state index contributed by atoms with van der Waals surface area (Å²) in [6, 6.07) is 7.83. The van der Waals surface area contributed by atoms with Crippen molar-refractivity contribution in [2.45, 2.75) is 32.1 Å². The number of hydrogen-bond acceptors (Lipinski definition) is 3. The summed E-state index contributed by atoms with van der Waals surface area (Å²) in [6.07, 6.45) is 3.56. The van der Waals surface area contributed by atoms with Crippen LogP contribution in [0.5, 0.6) is 5.75 Å². The molecule has 1 aromatic rings. The molecule has 0 bridgehead atoms. The fraction of sp³-hybridized carbons (Fsp3) is 0.429. The minimum absolute atomic E-state index is 0.0636. The molecule has 0 fully saturated rings. The van der Waals surface area contributed by atoms with Gasteiger partial charge in [-0.2, -0.15) is 5.26 Å². The van der Waals surface area contributed by atoms with Gasteiger partial charge in [0.2, 0.25) is 5.91 Å². The van der Waals surface area contributed by atoms with Gasteiger partial charge in [0.05, 0.1) is 12.7 Å². The number of benzene rings is 1. The zero-order valence-electron chi connectivity index (χ0n) is 10.2. The van der Waals surface area contributed by atoms with Crippen LogP contribution in [-0.2, 0) is 11.2 Å². The third-order valence-corrected chi connectivity index (χ3v) is 2.95. The average molecular weight is 244 g/mol. The third-order valence-electron chi connectivity index (χ3n) is 2.95. The molecule has 0 atom stereocenters. The summed E-state index contributed by atoms with van der Waals surface area (Å²) in [5.74, 6) is 0.915. The molecule has 18 heavy (non-hydrogen) atoms. The summed E-state index contributed by atoms with van der Waals surface area (Å²) in [5, 5.41) is 11.3. The Bertz CT molecular complexity index is 477. The molecule has 2 rings (SSSR count). The highest BCUT2D eigenvalue weighted by molar-refractivity contribution is 5.94. The average Bonchev–Trinajstić information content (AvgIpc) is 2.38. The molecule has 0 spiro atoms. The van der Waals surface area contributed by atoms with Gasteiger partial charge in [-0.15, -0.1) is 0 Å². The summed E-state index contributed by atoms with van der Waals surface area (Å²) in [4.78, 5) is 11.3. The van der Waals surface area contributed by atoms with Crippen LogP contribution in [0.4, 0.5) is 5.69 Å². The number of amides is 1. The number of nitriles is 1. The van der Waals surface area contributed by atoms with E-state index in [1.807, 2.05) is 18.2 Å². The van der Waals surface area contributed by atoms with Crippen LogP contribution in [0.25, 0.3) is 0 Å². The molecular formula is C14H16N2O2. The normalized spacial score (nSPS) is 13.4. The van der Waals surface area contributed by atoms with Gasteiger partial charge < -0.3 is 10.1 Å². The van der Waals surface area contributed by atoms with Crippen molar-refractivity contribution in [3.63, 3.8) is 0 Å². The molecule has 1 aliphatic rings. The second kappa shape index (κ2) is 6.06. The predicted octanol–water partition coefficient (Wildman–Crippen LogP) is 2.64. The monoisotopic (exact) mass is 244 g/mol. The van der Waals surface area contributed by atoms with Gasteiger partial charge in [-0.3, -0.25) is 4.79 Å². The third kappa shape index (κ3) is 3.01. The van der Waals surface area contributed by atoms with E-state index in [0.29, 0.717) is 19.4 Å². The molecule has 0 saturated heterocycles. The lowest BCUT2D eigenvalue weighted by Gasteiger charge is -2.19. The van der Waals surface area contributed by atoms with E-state index < -0.39 is 0 Å². The Kier molecular flexibility index (Phi) is 4.19. The lowest BCUT2D eigenvalue weighted by molar-refractivity contribution is -0.116. The summed E-state index contributed by atoms with van der Waals surface area (Å²) in [5.41, 5.74) is 1.94. The summed E-state index contributed by atoms with van der Waals surface area (Å²) in [6.45, 7) is 0.617. The van der Waals surface area contributed by atoms with Crippen LogP contribution >= 0.6 is 0 Å². The van der Waals surface area contributed by atoms with Crippen LogP contribution in [0.2, 0.25) is 0 Å². The maximum atomic E-state index is 11.3. The van der Waals surface area contributed by atoms with Crippen molar-refractivity contribution in [2.24, 2.45) is 0 Å². The molecule has 0 aliphatic carbocycles. The fourth-order valence-corrected chi connectivity index (χ4v) is 2.02. The van der Waals surface area contributed by atoms with E-state index in [9.17, 15) is 4.79 Å². The molecule has 4 heteroatoms. The summed E-state index contributed by atoms with van der Waals surface area (Å²) in [7, 11) is 0. The summed E-state index contributed by atoms with van der Waals surface area (Å²) >= 11 is 0. The van der Waals surface area contributed by atoms with Crippen LogP contribution in [0.1, 0.15) is 31.2 Å². The molecule has 0 aromatic heterocycles. The second-order valence-corrected chi connectivity index (χ2v) is 4.29. The van der Waals surface area contributed by atoms with Crippen molar-refractivity contribution in [1.82, 2.24) is 0 Å². The Balaban J connectivity index is 1.95. The largest absolute Gasteiger partial charge is 0.493 e. The van der Waals surface area contributed by atoms with Crippen LogP contribution < -0.4 is 10.1 Å². The Hall–Kier alpha value is -2.02. The van der Waals surface area contributed by atoms with Crippen molar-refractivity contribution in [1.29, 1.82) is 5.26 Å². The first-order chi connectivity index (χ1) is 8.81. The molecule has 1 aliphatic heterocycles. The highest BCUT2D eigenvalue weighted by atomic mass is 16.5. The van der Waals surface area contributed by atoms with Gasteiger partial charge in [-0.05, 0) is 31.4 Å². The molecule has 1 heterocycles. The number of rotatable bonds is 5. The van der Waals surface area contributed by atoms with Gasteiger partial charge in [0.1, 0.15) is 5.75 Å². The first-order valence-electron chi connectivity index (χ1n) is 6.23. The van der Waals surface area contributed by atoms with Crippen LogP contribution in [0.3, 0.4) is 0 Å². The minimum atomic E-state index is 0.0636. The SMILES string of the molecule is N#CCCCCOc1cccc2c1CCC(=O)N2. The zero-order valence-corrected chi connectivity index (χ0v) is 10.2. The minimum Gasteiger partial charge on any atom is -0.493 e. The number of fused-ring (bicyclic) bond motifs is 1. The maximum absolute atomic E-state index is 11.3. The molecule has 0 saturated carbocycles. The number of anilines is 1. The number of ether oxygens (including phenoxy) is 1. The molecule has 1 amide bonds. The van der Waals surface area contributed by atoms with E-state index in [4.69, 9.17) is 10.00 Å². The molecular weight excluding hydrogens is 228 g/mol. The lowest BCUT2D eigenvalue weighted by atomic mass is 10.0. The van der Waals surface area contributed by atoms with Crippen molar-refractivity contribution >= 4 is 11.6 Å². The van der Waals surface area contributed by atoms with Gasteiger partial charge in [0.25, 0.3) is 0 Å². The Labute approximate surface area is 107 Å². The van der Waals surface area contributed by atoms with E-state index in [2.05, 4.69) is 11.4 Å². The van der Waals surface area contributed by atoms with Gasteiger partial charge in [-0.1, -0.05) is 6.07 Å². The Morgan fingerprint density at radius 2 is 2.22 bits per heavy atom. The van der Waals surface area contributed by atoms with Crippen molar-refractivity contribution < 1.29 is 9.53 Å². The molecule has 1 N–H and O–H groups in total. The molecule has 1 aromatic carbocycles. The van der Waals surface area contributed by atoms with Gasteiger partial charge in [-0.25, -0.2) is 0 Å². The quantitative estimate of drug-likeness (QED) is 0.810. The van der Waals surface area contributed by atoms with Crippen molar-refractivity contribution in [3.8, 4) is 11.8 Å². The fourth-order valence-electron chi connectivity index (χ4n) is 2.02. The lowest BCUT2D eigenvalue weighted by Crippen LogP contribution is -2.19. The van der Waals surface area contributed by atoms with Crippen molar-refractivity contribution in [2.75, 3.05) is 11.9 Å². The van der Waals surface area contributed by atoms with Gasteiger partial charge in [0, 0.05) is 24.1 Å². The standard InChI is InChI=1S/C14H16N2O2/c15-9-2-1-3-10-18-13-6-4-5-12-11(13)7-8-14(17)16-12/h4-6H,1-3,7-8,10H2,(H,16,17). The number of nitrogens with zero attached hydrogens (tertiary/aromatic N) is 1. The van der Waals surface area contributed by atoms with E-state index in [1.54, 1.807) is 0 Å². The van der Waals surface area contributed by atoms with Crippen LogP contribution in [-0.4, -0.2) is 12.5 Å². The second-order valence-electron chi connectivity index (χ2n) is 4.29. The maximum Gasteiger partial charge on any atom is 0.224 e. The van der Waals surface area contributed by atoms with E-state index >= 15 is 0 Å². The van der Waals surface area contributed by atoms with E-state index in [1.165, 1.54) is 0 Å². The van der Waals surface area contributed by atoms with Crippen molar-refractivity contribution in [3.05, 3.63) is 23.8 Å². The summed E-state index contributed by atoms with van der Waals surface area (Å²) < 4.78 is 5.73. The molecule has 4 nitrogen and oxygen atoms in total. The van der Waals surface area contributed by atoms with E-state index in [-0.39, 0.29) is 5.91 Å². The number of hydrogen-bond donors (Lipinski definition) is 1. The number of carbonyl (C=O) groups is 1. The highest BCUT2D eigenvalue weighted by Crippen LogP contribution is 2.31. The smallest absolute Gasteiger partial charge is 0.224 e. The molecule has 94 valence electrons. The zero-order chi connectivity index (χ0) is 12.8. The Morgan fingerprint density at radius 3 is 3.06 bits per heavy atom. The van der Waals surface area contributed by atoms with E-state index in [0.717, 1.165) is 36.3 Å². The number of unbranched alkanes of at least 4 members (excludes halogenated alkanes) is 2. The predicted molar refractivity (Wildman–Crippen MR) is 68.4 cm³/mol. The molecule has 0 radical (unpaired) electrons. The van der Waals surface area contributed by atoms with Crippen LogP contribution in [0.15, 0.2) is 18.2 Å². The molecule has 0 unspecified atom stereocenters. The van der Waals surface area contributed by atoms with Gasteiger partial charge >= 0.3 is 0 Å². The highest BCUT2D eigenvalue weighted by Gasteiger charge is 2.17. The topological polar surface area (TPSA) is 62.1 Å². The van der Waals surface area contributed by atoms with Gasteiger partial charge in [0.15, 0.2) is 0 Å². The Morgan fingerprint density at radius 1 is 1.33 bits per heavy atom.